The zero-order chi connectivity index (χ0) is 19.2. The monoisotopic (exact) mass is 368 g/mol. The van der Waals surface area contributed by atoms with E-state index in [1.54, 1.807) is 13.1 Å². The second kappa shape index (κ2) is 8.17. The fourth-order valence-corrected chi connectivity index (χ4v) is 2.76. The molecule has 140 valence electrons. The van der Waals surface area contributed by atoms with Crippen LogP contribution in [0.2, 0.25) is 0 Å². The zero-order valence-corrected chi connectivity index (χ0v) is 14.9. The summed E-state index contributed by atoms with van der Waals surface area (Å²) in [6.07, 6.45) is 0. The first-order chi connectivity index (χ1) is 13.1. The van der Waals surface area contributed by atoms with Gasteiger partial charge >= 0.3 is 6.03 Å². The molecule has 0 radical (unpaired) electrons. The Morgan fingerprint density at radius 2 is 2.11 bits per heavy atom. The van der Waals surface area contributed by atoms with Crippen LogP contribution in [0.25, 0.3) is 10.9 Å². The maximum absolute atomic E-state index is 12.3. The summed E-state index contributed by atoms with van der Waals surface area (Å²) >= 11 is 0. The second-order valence-electron chi connectivity index (χ2n) is 5.84. The first kappa shape index (κ1) is 18.2. The summed E-state index contributed by atoms with van der Waals surface area (Å²) in [6.45, 7) is 2.20. The topological polar surface area (TPSA) is 121 Å². The first-order valence-corrected chi connectivity index (χ1v) is 8.35. The van der Waals surface area contributed by atoms with Crippen molar-refractivity contribution in [1.29, 1.82) is 0 Å². The molecule has 0 aliphatic carbocycles. The van der Waals surface area contributed by atoms with Crippen molar-refractivity contribution in [3.8, 4) is 0 Å². The van der Waals surface area contributed by atoms with Crippen LogP contribution in [0.15, 0.2) is 36.4 Å². The van der Waals surface area contributed by atoms with E-state index in [1.807, 2.05) is 37.3 Å². The molecule has 9 heteroatoms. The van der Waals surface area contributed by atoms with Crippen molar-refractivity contribution in [2.75, 3.05) is 17.7 Å². The minimum Gasteiger partial charge on any atom is -0.461 e. The molecule has 0 spiro atoms. The van der Waals surface area contributed by atoms with Crippen LogP contribution in [-0.4, -0.2) is 34.7 Å². The van der Waals surface area contributed by atoms with Crippen LogP contribution in [0.5, 0.6) is 0 Å². The largest absolute Gasteiger partial charge is 0.461 e. The lowest BCUT2D eigenvalue weighted by atomic mass is 10.1. The van der Waals surface area contributed by atoms with Gasteiger partial charge in [0, 0.05) is 13.1 Å². The lowest BCUT2D eigenvalue weighted by Gasteiger charge is -2.15. The fraction of sp³-hybridized carbons (Fsp3) is 0.222. The SMILES string of the molecule is CNc1n[nH]c2cc(NC(=O)NC(C)c3ccccc3)nc(COC=O)c12. The van der Waals surface area contributed by atoms with E-state index in [2.05, 4.69) is 31.1 Å². The molecule has 2 amide bonds. The normalized spacial score (nSPS) is 11.6. The average molecular weight is 368 g/mol. The molecule has 1 unspecified atom stereocenters. The molecule has 1 atom stereocenters. The maximum atomic E-state index is 12.3. The molecule has 0 saturated heterocycles. The number of nitrogens with zero attached hydrogens (tertiary/aromatic N) is 2. The van der Waals surface area contributed by atoms with Crippen LogP contribution in [0.4, 0.5) is 16.4 Å². The summed E-state index contributed by atoms with van der Waals surface area (Å²) in [5, 5.41) is 16.2. The van der Waals surface area contributed by atoms with Crippen molar-refractivity contribution in [2.24, 2.45) is 0 Å². The van der Waals surface area contributed by atoms with Crippen molar-refractivity contribution in [3.63, 3.8) is 0 Å². The van der Waals surface area contributed by atoms with E-state index in [-0.39, 0.29) is 12.6 Å². The van der Waals surface area contributed by atoms with Gasteiger partial charge in [0.2, 0.25) is 0 Å². The number of carbonyl (C=O) groups is 2. The molecule has 2 heterocycles. The molecule has 0 saturated carbocycles. The molecule has 3 rings (SSSR count). The van der Waals surface area contributed by atoms with Crippen LogP contribution in [-0.2, 0) is 16.1 Å². The number of aromatic nitrogens is 3. The van der Waals surface area contributed by atoms with Crippen molar-refractivity contribution in [3.05, 3.63) is 47.7 Å². The molecular formula is C18H20N6O3. The van der Waals surface area contributed by atoms with E-state index in [0.29, 0.717) is 34.7 Å². The van der Waals surface area contributed by atoms with E-state index < -0.39 is 6.03 Å². The Kier molecular flexibility index (Phi) is 5.50. The summed E-state index contributed by atoms with van der Waals surface area (Å²) in [5.41, 5.74) is 2.12. The van der Waals surface area contributed by atoms with Crippen LogP contribution < -0.4 is 16.0 Å². The highest BCUT2D eigenvalue weighted by Gasteiger charge is 2.16. The van der Waals surface area contributed by atoms with Gasteiger partial charge in [0.15, 0.2) is 5.82 Å². The molecule has 27 heavy (non-hydrogen) atoms. The van der Waals surface area contributed by atoms with E-state index in [1.165, 1.54) is 0 Å². The van der Waals surface area contributed by atoms with Gasteiger partial charge in [0.05, 0.1) is 22.6 Å². The number of pyridine rings is 1. The van der Waals surface area contributed by atoms with E-state index >= 15 is 0 Å². The van der Waals surface area contributed by atoms with Gasteiger partial charge in [-0.15, -0.1) is 0 Å². The predicted octanol–water partition coefficient (Wildman–Crippen LogP) is 2.56. The highest BCUT2D eigenvalue weighted by Crippen LogP contribution is 2.26. The molecule has 2 aromatic heterocycles. The Hall–Kier alpha value is -3.62. The summed E-state index contributed by atoms with van der Waals surface area (Å²) in [5.74, 6) is 0.895. The number of benzene rings is 1. The van der Waals surface area contributed by atoms with Gasteiger partial charge in [0.1, 0.15) is 12.4 Å². The van der Waals surface area contributed by atoms with Gasteiger partial charge in [-0.05, 0) is 12.5 Å². The number of aromatic amines is 1. The lowest BCUT2D eigenvalue weighted by Crippen LogP contribution is -2.31. The van der Waals surface area contributed by atoms with Crippen molar-refractivity contribution >= 4 is 35.0 Å². The number of fused-ring (bicyclic) bond motifs is 1. The van der Waals surface area contributed by atoms with Crippen molar-refractivity contribution in [2.45, 2.75) is 19.6 Å². The molecule has 0 fully saturated rings. The second-order valence-corrected chi connectivity index (χ2v) is 5.84. The standard InChI is InChI=1S/C18H20N6O3/c1-11(12-6-4-3-5-7-12)20-18(26)22-15-8-13-16(17(19-2)24-23-13)14(21-15)9-27-10-25/h3-8,10-11H,9H2,1-2H3,(H2,19,23,24)(H2,20,21,22,26). The van der Waals surface area contributed by atoms with Crippen LogP contribution >= 0.6 is 0 Å². The molecule has 3 aromatic rings. The Morgan fingerprint density at radius 3 is 2.81 bits per heavy atom. The van der Waals surface area contributed by atoms with Gasteiger partial charge in [-0.3, -0.25) is 15.2 Å². The fourth-order valence-electron chi connectivity index (χ4n) is 2.76. The smallest absolute Gasteiger partial charge is 0.320 e. The quantitative estimate of drug-likeness (QED) is 0.476. The van der Waals surface area contributed by atoms with Crippen LogP contribution in [0.3, 0.4) is 0 Å². The highest BCUT2D eigenvalue weighted by atomic mass is 16.5. The third kappa shape index (κ3) is 4.14. The Labute approximate surface area is 155 Å². The number of amides is 2. The summed E-state index contributed by atoms with van der Waals surface area (Å²) in [7, 11) is 1.73. The molecule has 0 aliphatic rings. The Bertz CT molecular complexity index is 941. The van der Waals surface area contributed by atoms with Gasteiger partial charge in [-0.2, -0.15) is 5.10 Å². The molecule has 0 bridgehead atoms. The third-order valence-electron chi connectivity index (χ3n) is 4.03. The average Bonchev–Trinajstić information content (AvgIpc) is 3.09. The Balaban J connectivity index is 1.79. The van der Waals surface area contributed by atoms with E-state index in [9.17, 15) is 9.59 Å². The Morgan fingerprint density at radius 1 is 1.33 bits per heavy atom. The first-order valence-electron chi connectivity index (χ1n) is 8.35. The highest BCUT2D eigenvalue weighted by molar-refractivity contribution is 5.96. The molecular weight excluding hydrogens is 348 g/mol. The lowest BCUT2D eigenvalue weighted by molar-refractivity contribution is -0.129. The van der Waals surface area contributed by atoms with Gasteiger partial charge in [-0.25, -0.2) is 9.78 Å². The minimum absolute atomic E-state index is 0.0359. The number of rotatable bonds is 7. The molecule has 1 aromatic carbocycles. The van der Waals surface area contributed by atoms with Gasteiger partial charge < -0.3 is 15.4 Å². The van der Waals surface area contributed by atoms with Crippen molar-refractivity contribution in [1.82, 2.24) is 20.5 Å². The summed E-state index contributed by atoms with van der Waals surface area (Å²) in [6, 6.07) is 10.7. The molecule has 0 aliphatic heterocycles. The number of urea groups is 1. The molecule has 9 nitrogen and oxygen atoms in total. The summed E-state index contributed by atoms with van der Waals surface area (Å²) in [4.78, 5) is 27.3. The van der Waals surface area contributed by atoms with Crippen molar-refractivity contribution < 1.29 is 14.3 Å². The van der Waals surface area contributed by atoms with Gasteiger partial charge in [0.25, 0.3) is 6.47 Å². The zero-order valence-electron chi connectivity index (χ0n) is 14.9. The number of H-pyrrole nitrogens is 1. The third-order valence-corrected chi connectivity index (χ3v) is 4.03. The number of carbonyl (C=O) groups excluding carboxylic acids is 2. The summed E-state index contributed by atoms with van der Waals surface area (Å²) < 4.78 is 4.84. The van der Waals surface area contributed by atoms with E-state index in [4.69, 9.17) is 4.74 Å². The number of ether oxygens (including phenoxy) is 1. The number of hydrogen-bond donors (Lipinski definition) is 4. The minimum atomic E-state index is -0.395. The van der Waals surface area contributed by atoms with Crippen LogP contribution in [0, 0.1) is 0 Å². The molecule has 4 N–H and O–H groups in total. The van der Waals surface area contributed by atoms with Gasteiger partial charge in [-0.1, -0.05) is 30.3 Å². The van der Waals surface area contributed by atoms with E-state index in [0.717, 1.165) is 5.56 Å². The number of hydrogen-bond acceptors (Lipinski definition) is 6. The van der Waals surface area contributed by atoms with Crippen LogP contribution in [0.1, 0.15) is 24.2 Å². The number of nitrogens with one attached hydrogen (secondary N) is 4. The maximum Gasteiger partial charge on any atom is 0.320 e. The predicted molar refractivity (Wildman–Crippen MR) is 101 cm³/mol. The number of anilines is 2.